The minimum absolute atomic E-state index is 0.103. The first-order chi connectivity index (χ1) is 10.1. The monoisotopic (exact) mass is 286 g/mol. The molecule has 1 N–H and O–H groups in total. The van der Waals surface area contributed by atoms with Gasteiger partial charge in [0.15, 0.2) is 0 Å². The van der Waals surface area contributed by atoms with Gasteiger partial charge in [-0.05, 0) is 36.4 Å². The van der Waals surface area contributed by atoms with Crippen molar-refractivity contribution < 1.29 is 13.9 Å². The minimum Gasteiger partial charge on any atom is -0.508 e. The van der Waals surface area contributed by atoms with E-state index in [1.54, 1.807) is 25.4 Å². The van der Waals surface area contributed by atoms with E-state index in [1.165, 1.54) is 35.0 Å². The van der Waals surface area contributed by atoms with Gasteiger partial charge in [-0.1, -0.05) is 6.07 Å². The maximum absolute atomic E-state index is 14.0. The van der Waals surface area contributed by atoms with Crippen molar-refractivity contribution in [2.24, 2.45) is 7.05 Å². The van der Waals surface area contributed by atoms with Crippen LogP contribution in [0.5, 0.6) is 5.75 Å². The minimum atomic E-state index is -0.636. The zero-order valence-corrected chi connectivity index (χ0v) is 11.2. The van der Waals surface area contributed by atoms with Crippen molar-refractivity contribution in [2.45, 2.75) is 0 Å². The molecule has 0 unspecified atom stereocenters. The number of nitrogens with zero attached hydrogens (tertiary/aromatic N) is 2. The van der Waals surface area contributed by atoms with Gasteiger partial charge in [0.25, 0.3) is 0 Å². The quantitative estimate of drug-likeness (QED) is 0.779. The molecule has 21 heavy (non-hydrogen) atoms. The summed E-state index contributed by atoms with van der Waals surface area (Å²) in [5.74, 6) is -1.15. The lowest BCUT2D eigenvalue weighted by molar-refractivity contribution is 0.475. The van der Waals surface area contributed by atoms with Crippen LogP contribution in [0.4, 0.5) is 8.78 Å². The van der Waals surface area contributed by atoms with Crippen LogP contribution in [0.25, 0.3) is 22.4 Å². The molecule has 0 radical (unpaired) electrons. The van der Waals surface area contributed by atoms with Gasteiger partial charge in [-0.25, -0.2) is 8.78 Å². The molecule has 3 rings (SSSR count). The average molecular weight is 286 g/mol. The predicted octanol–water partition coefficient (Wildman–Crippen LogP) is 3.74. The molecule has 3 aromatic rings. The number of rotatable bonds is 2. The molecule has 1 heterocycles. The van der Waals surface area contributed by atoms with Crippen LogP contribution in [0.15, 0.2) is 48.7 Å². The Morgan fingerprint density at radius 2 is 1.62 bits per heavy atom. The van der Waals surface area contributed by atoms with E-state index in [0.717, 1.165) is 0 Å². The largest absolute Gasteiger partial charge is 0.508 e. The molecule has 0 saturated carbocycles. The van der Waals surface area contributed by atoms with Crippen LogP contribution >= 0.6 is 0 Å². The molecule has 0 saturated heterocycles. The Kier molecular flexibility index (Phi) is 3.17. The van der Waals surface area contributed by atoms with Crippen LogP contribution in [0.2, 0.25) is 0 Å². The number of aromatic hydroxyl groups is 1. The summed E-state index contributed by atoms with van der Waals surface area (Å²) < 4.78 is 29.5. The normalized spacial score (nSPS) is 10.8. The molecular weight excluding hydrogens is 274 g/mol. The van der Waals surface area contributed by atoms with E-state index in [-0.39, 0.29) is 11.3 Å². The van der Waals surface area contributed by atoms with Crippen LogP contribution in [0.3, 0.4) is 0 Å². The van der Waals surface area contributed by atoms with Crippen molar-refractivity contribution in [1.29, 1.82) is 0 Å². The van der Waals surface area contributed by atoms with Gasteiger partial charge >= 0.3 is 0 Å². The Balaban J connectivity index is 2.23. The maximum Gasteiger partial charge on any atom is 0.134 e. The number of halogens is 2. The van der Waals surface area contributed by atoms with Gasteiger partial charge in [-0.15, -0.1) is 0 Å². The summed E-state index contributed by atoms with van der Waals surface area (Å²) in [7, 11) is 1.69. The van der Waals surface area contributed by atoms with Crippen molar-refractivity contribution in [1.82, 2.24) is 9.78 Å². The molecule has 0 aliphatic carbocycles. The average Bonchev–Trinajstić information content (AvgIpc) is 2.81. The van der Waals surface area contributed by atoms with Crippen molar-refractivity contribution >= 4 is 0 Å². The van der Waals surface area contributed by atoms with Crippen LogP contribution in [0.1, 0.15) is 0 Å². The Morgan fingerprint density at radius 1 is 1.00 bits per heavy atom. The lowest BCUT2D eigenvalue weighted by Crippen LogP contribution is -1.90. The Bertz CT molecular complexity index is 774. The third kappa shape index (κ3) is 2.38. The summed E-state index contributed by atoms with van der Waals surface area (Å²) in [5, 5.41) is 13.6. The van der Waals surface area contributed by atoms with Gasteiger partial charge in [-0.2, -0.15) is 5.10 Å². The SMILES string of the molecule is Cn1cc(-c2c(F)cccc2F)c(-c2ccc(O)cc2)n1. The second-order valence-electron chi connectivity index (χ2n) is 4.71. The van der Waals surface area contributed by atoms with Gasteiger partial charge in [0.1, 0.15) is 23.1 Å². The van der Waals surface area contributed by atoms with E-state index >= 15 is 0 Å². The van der Waals surface area contributed by atoms with Crippen molar-refractivity contribution in [3.63, 3.8) is 0 Å². The topological polar surface area (TPSA) is 38.0 Å². The van der Waals surface area contributed by atoms with Gasteiger partial charge in [0.05, 0.1) is 5.56 Å². The highest BCUT2D eigenvalue weighted by molar-refractivity contribution is 5.81. The first-order valence-electron chi connectivity index (χ1n) is 6.33. The summed E-state index contributed by atoms with van der Waals surface area (Å²) in [6.07, 6.45) is 1.57. The van der Waals surface area contributed by atoms with Crippen molar-refractivity contribution in [2.75, 3.05) is 0 Å². The van der Waals surface area contributed by atoms with E-state index in [1.807, 2.05) is 0 Å². The van der Waals surface area contributed by atoms with E-state index in [9.17, 15) is 13.9 Å². The number of aromatic nitrogens is 2. The van der Waals surface area contributed by atoms with Gasteiger partial charge in [0.2, 0.25) is 0 Å². The van der Waals surface area contributed by atoms with E-state index in [0.29, 0.717) is 16.8 Å². The molecule has 0 bridgehead atoms. The molecule has 5 heteroatoms. The highest BCUT2D eigenvalue weighted by atomic mass is 19.1. The number of aryl methyl sites for hydroxylation is 1. The van der Waals surface area contributed by atoms with E-state index < -0.39 is 11.6 Å². The number of benzene rings is 2. The second-order valence-corrected chi connectivity index (χ2v) is 4.71. The molecule has 0 fully saturated rings. The zero-order chi connectivity index (χ0) is 15.0. The fraction of sp³-hybridized carbons (Fsp3) is 0.0625. The summed E-state index contributed by atoms with van der Waals surface area (Å²) in [6, 6.07) is 10.1. The Labute approximate surface area is 120 Å². The summed E-state index contributed by atoms with van der Waals surface area (Å²) >= 11 is 0. The Hall–Kier alpha value is -2.69. The Morgan fingerprint density at radius 3 is 2.24 bits per heavy atom. The molecule has 0 aliphatic heterocycles. The number of hydrogen-bond acceptors (Lipinski definition) is 2. The molecular formula is C16H12F2N2O. The highest BCUT2D eigenvalue weighted by Crippen LogP contribution is 2.34. The first-order valence-corrected chi connectivity index (χ1v) is 6.33. The highest BCUT2D eigenvalue weighted by Gasteiger charge is 2.18. The number of phenols is 1. The van der Waals surface area contributed by atoms with Gasteiger partial charge in [-0.3, -0.25) is 4.68 Å². The number of phenolic OH excluding ortho intramolecular Hbond substituents is 1. The van der Waals surface area contributed by atoms with Crippen molar-refractivity contribution in [3.05, 3.63) is 60.3 Å². The molecule has 0 spiro atoms. The van der Waals surface area contributed by atoms with Crippen LogP contribution in [-0.2, 0) is 7.05 Å². The molecule has 0 atom stereocenters. The maximum atomic E-state index is 14.0. The molecule has 106 valence electrons. The lowest BCUT2D eigenvalue weighted by Gasteiger charge is -2.05. The molecule has 3 nitrogen and oxygen atoms in total. The summed E-state index contributed by atoms with van der Waals surface area (Å²) in [5.41, 5.74) is 1.40. The van der Waals surface area contributed by atoms with Gasteiger partial charge < -0.3 is 5.11 Å². The third-order valence-corrected chi connectivity index (χ3v) is 3.20. The fourth-order valence-electron chi connectivity index (χ4n) is 2.26. The number of hydrogen-bond donors (Lipinski definition) is 1. The lowest BCUT2D eigenvalue weighted by atomic mass is 10.0. The summed E-state index contributed by atoms with van der Waals surface area (Å²) in [4.78, 5) is 0. The van der Waals surface area contributed by atoms with Crippen molar-refractivity contribution in [3.8, 4) is 28.1 Å². The molecule has 0 amide bonds. The van der Waals surface area contributed by atoms with E-state index in [2.05, 4.69) is 5.10 Å². The molecule has 2 aromatic carbocycles. The second kappa shape index (κ2) is 5.01. The molecule has 1 aromatic heterocycles. The standard InChI is InChI=1S/C16H12F2N2O/c1-20-9-12(15-13(17)3-2-4-14(15)18)16(19-20)10-5-7-11(21)8-6-10/h2-9,21H,1H3. The third-order valence-electron chi connectivity index (χ3n) is 3.20. The fourth-order valence-corrected chi connectivity index (χ4v) is 2.26. The molecule has 0 aliphatic rings. The summed E-state index contributed by atoms with van der Waals surface area (Å²) in [6.45, 7) is 0. The zero-order valence-electron chi connectivity index (χ0n) is 11.2. The predicted molar refractivity (Wildman–Crippen MR) is 75.7 cm³/mol. The van der Waals surface area contributed by atoms with Crippen LogP contribution in [-0.4, -0.2) is 14.9 Å². The van der Waals surface area contributed by atoms with Crippen LogP contribution in [0, 0.1) is 11.6 Å². The smallest absolute Gasteiger partial charge is 0.134 e. The van der Waals surface area contributed by atoms with Crippen LogP contribution < -0.4 is 0 Å². The van der Waals surface area contributed by atoms with Gasteiger partial charge in [0, 0.05) is 24.4 Å². The van der Waals surface area contributed by atoms with E-state index in [4.69, 9.17) is 0 Å². The first kappa shape index (κ1) is 13.3.